The maximum Gasteiger partial charge on any atom is 1.00 e. The number of carbonyl (C=O) groups is 5. The van der Waals surface area contributed by atoms with Gasteiger partial charge in [-0.05, 0) is 294 Å². The van der Waals surface area contributed by atoms with Crippen molar-refractivity contribution in [1.29, 1.82) is 0 Å². The van der Waals surface area contributed by atoms with Crippen molar-refractivity contribution in [2.45, 2.75) is 190 Å². The number of benzene rings is 7. The van der Waals surface area contributed by atoms with Gasteiger partial charge in [0.05, 0.1) is 13.1 Å². The van der Waals surface area contributed by atoms with E-state index in [0.717, 1.165) is 81.9 Å². The number of hydrogen-bond acceptors (Lipinski definition) is 23. The Labute approximate surface area is 895 Å². The summed E-state index contributed by atoms with van der Waals surface area (Å²) in [6.07, 6.45) is 9.98. The molecule has 0 amide bonds. The van der Waals surface area contributed by atoms with Crippen molar-refractivity contribution < 1.29 is 187 Å². The van der Waals surface area contributed by atoms with E-state index in [9.17, 15) is 34.4 Å². The molecule has 1 fully saturated rings. The Bertz CT molecular complexity index is 4080. The fraction of sp³-hybridized carbons (Fsp3) is 0.484. The first kappa shape index (κ1) is 117. The molecule has 122 heavy (non-hydrogen) atoms. The molecule has 643 valence electrons. The number of aromatic hydroxyl groups is 3. The van der Waals surface area contributed by atoms with Gasteiger partial charge in [0.2, 0.25) is 0 Å². The van der Waals surface area contributed by atoms with Crippen LogP contribution in [0.5, 0.6) is 17.2 Å². The SMILES string of the molecule is CC(=O)CN1CCc2cc(C)ccc2C1C.CC1CCNCC1.CC1NCCc2cc(O)ccc21.CC1c2ccc(O)cc2CCN1C.C[B]OOCB=O.Cc1ccc2c(c1)CCN(C)C2C.Cc1ccc2c(c1)CCN(CC(=O)O)C2C.Cc1ccc2c(c1)CCNC2C.O=C(O)C1NCCc2cc(O)ccc21.O=CO[O-].O=CO[O-].[K+].[K+].[K].[K]. The molecule has 0 saturated carbocycles. The third kappa shape index (κ3) is 41.3. The van der Waals surface area contributed by atoms with Gasteiger partial charge in [0, 0.05) is 172 Å². The number of carboxylic acid groups (broad SMARTS) is 2. The van der Waals surface area contributed by atoms with Crippen molar-refractivity contribution in [3.05, 3.63) is 228 Å². The van der Waals surface area contributed by atoms with Crippen molar-refractivity contribution >= 4 is 148 Å². The van der Waals surface area contributed by atoms with E-state index in [1.807, 2.05) is 29.2 Å². The van der Waals surface area contributed by atoms with Crippen LogP contribution in [0, 0.1) is 33.6 Å². The fourth-order valence-corrected chi connectivity index (χ4v) is 15.5. The summed E-state index contributed by atoms with van der Waals surface area (Å²) in [5.41, 5.74) is 23.8. The molecular weight excluding hydrogens is 1660 g/mol. The Hall–Kier alpha value is -2.51. The third-order valence-corrected chi connectivity index (χ3v) is 22.3. The Kier molecular flexibility index (Phi) is 61.9. The number of aliphatic carboxylic acids is 2. The molecule has 8 aliphatic heterocycles. The normalized spacial score (nSPS) is 19.1. The molecule has 31 heteroatoms. The van der Waals surface area contributed by atoms with Crippen molar-refractivity contribution in [2.75, 3.05) is 92.6 Å². The van der Waals surface area contributed by atoms with Crippen LogP contribution in [0.15, 0.2) is 127 Å². The van der Waals surface area contributed by atoms with Gasteiger partial charge < -0.3 is 67.1 Å². The van der Waals surface area contributed by atoms with Crippen LogP contribution in [-0.4, -0.2) is 286 Å². The number of aryl methyl sites for hydroxylation is 4. The van der Waals surface area contributed by atoms with Gasteiger partial charge in [-0.3, -0.25) is 43.6 Å². The van der Waals surface area contributed by atoms with Gasteiger partial charge in [-0.25, -0.2) is 0 Å². The molecule has 7 aromatic carbocycles. The van der Waals surface area contributed by atoms with Crippen molar-refractivity contribution in [2.24, 2.45) is 5.92 Å². The number of likely N-dealkylation sites (N-methyl/N-ethyl adjacent to an activating group) is 2. The predicted octanol–water partition coefficient (Wildman–Crippen LogP) is 4.18. The summed E-state index contributed by atoms with van der Waals surface area (Å²) >= 11 is 0. The van der Waals surface area contributed by atoms with E-state index in [4.69, 9.17) is 30.3 Å². The van der Waals surface area contributed by atoms with Crippen LogP contribution in [-0.2, 0) is 93.1 Å². The minimum atomic E-state index is -0.878. The largest absolute Gasteiger partial charge is 1.00 e. The molecule has 25 nitrogen and oxygen atoms in total. The number of carbonyl (C=O) groups excluding carboxylic acids is 3. The number of piperidine rings is 1. The topological polar surface area (TPSA) is 348 Å². The summed E-state index contributed by atoms with van der Waals surface area (Å²) in [7, 11) is 6.31. The molecule has 9 N–H and O–H groups in total. The van der Waals surface area contributed by atoms with Gasteiger partial charge in [0.15, 0.2) is 0 Å². The maximum absolute atomic E-state index is 11.2. The van der Waals surface area contributed by atoms with Gasteiger partial charge in [0.1, 0.15) is 29.1 Å². The van der Waals surface area contributed by atoms with Crippen molar-refractivity contribution in [3.8, 4) is 17.2 Å². The molecule has 15 rings (SSSR count). The molecule has 1 saturated heterocycles. The summed E-state index contributed by atoms with van der Waals surface area (Å²) in [5.74, 6) is 0.552. The standard InChI is InChI=1S/C14H19NO.C13H17NO2.C12H17N.C11H15NO.C11H15N.C10H11NO3.C10H13NO.C6H13N.C2H5B2O3.2CH2O3.4K/c1-10-4-5-14-12(3)15(9-11(2)16)7-6-13(14)8-10;1-9-3-4-12-10(2)14(8-13(15)16)6-5-11(12)7-9;1-9-4-5-12-10(2)13(3)7-6-11(12)8-9;1-8-11-4-3-10(13)7-9(11)5-6-12(8)2;1-8-3-4-11-9(2)12-6-5-10(11)7-8;12-7-1-2-8-6(5-7)3-4-11-9(8)10(13)14;1-7-10-3-2-9(12)6-8(10)4-5-11-7;1-6-2-4-7-5-3-6;1-3-7-6-2-4-5;2*2-1-4-3;;;;/h4-5,8,12H,6-7,9H2,1-3H3;3-4,7,10H,5-6,8H2,1-2H3,(H,15,16);4-5,8,10H,6-7H2,1-3H3;3-4,7-8,13H,5-6H2,1-2H3;3-4,7,9,12H,5-6H2,1-2H3;1-2,5,9,11-12H,3-4H2,(H,13,14);2-3,6-7,11-12H,4-5H2,1H3;6-7H,2-5H2,1H3;2H2,1H3;2*1,3H;;;;/q;;;;;;;;;;;;;2*+1/p-2. The van der Waals surface area contributed by atoms with Crippen LogP contribution in [0.2, 0.25) is 6.82 Å². The average Bonchev–Trinajstić information content (AvgIpc) is 0.806. The van der Waals surface area contributed by atoms with E-state index in [2.05, 4.69) is 218 Å². The monoisotopic (exact) mass is 1780 g/mol. The van der Waals surface area contributed by atoms with E-state index in [1.165, 1.54) is 142 Å². The number of nitrogens with one attached hydrogen (secondary N) is 4. The van der Waals surface area contributed by atoms with Crippen LogP contribution in [0.4, 0.5) is 0 Å². The zero-order chi connectivity index (χ0) is 87.0. The molecule has 7 atom stereocenters. The quantitative estimate of drug-likeness (QED) is 0.0288. The van der Waals surface area contributed by atoms with Gasteiger partial charge in [0.25, 0.3) is 12.9 Å². The molecule has 7 aromatic rings. The van der Waals surface area contributed by atoms with E-state index in [0.29, 0.717) is 61.9 Å². The summed E-state index contributed by atoms with van der Waals surface area (Å²) in [5, 5.41) is 75.5. The first-order valence-electron chi connectivity index (χ1n) is 40.9. The number of phenolic OH excluding ortho intramolecular Hbond substituents is 3. The Morgan fingerprint density at radius 2 is 0.787 bits per heavy atom. The van der Waals surface area contributed by atoms with Crippen LogP contribution in [0.3, 0.4) is 0 Å². The van der Waals surface area contributed by atoms with E-state index in [1.54, 1.807) is 43.6 Å². The van der Waals surface area contributed by atoms with Gasteiger partial charge in [-0.2, -0.15) is 0 Å². The Balaban J connectivity index is 0.000000681. The molecular formula is C91H127B2K4N8O17. The molecule has 0 aliphatic carbocycles. The van der Waals surface area contributed by atoms with E-state index in [-0.39, 0.29) is 249 Å². The smallest absolute Gasteiger partial charge is 0.662 e. The number of ketones is 1. The number of hydrogen-bond donors (Lipinski definition) is 9. The van der Waals surface area contributed by atoms with Crippen LogP contribution < -0.4 is 135 Å². The van der Waals surface area contributed by atoms with Crippen molar-refractivity contribution in [3.63, 3.8) is 0 Å². The minimum Gasteiger partial charge on any atom is -0.662 e. The number of fused-ring (bicyclic) bond motifs is 7. The van der Waals surface area contributed by atoms with Crippen molar-refractivity contribution in [1.82, 2.24) is 40.9 Å². The van der Waals surface area contributed by atoms with E-state index >= 15 is 0 Å². The molecule has 3 radical (unpaired) electrons. The van der Waals surface area contributed by atoms with Gasteiger partial charge in [-0.1, -0.05) is 120 Å². The predicted molar refractivity (Wildman–Crippen MR) is 469 cm³/mol. The number of rotatable bonds is 11. The number of Topliss-reactive ketones (excluding diaryl/α,β-unsaturated/α-hetero) is 1. The second-order valence-electron chi connectivity index (χ2n) is 31.1. The molecule has 8 aliphatic rings. The van der Waals surface area contributed by atoms with Crippen LogP contribution >= 0.6 is 0 Å². The van der Waals surface area contributed by atoms with Crippen LogP contribution in [0.1, 0.15) is 211 Å². The fourth-order valence-electron chi connectivity index (χ4n) is 15.5. The number of carboxylic acids is 2. The summed E-state index contributed by atoms with van der Waals surface area (Å²) < 4.78 is 9.46. The molecule has 0 spiro atoms. The second-order valence-corrected chi connectivity index (χ2v) is 31.1. The van der Waals surface area contributed by atoms with Crippen LogP contribution in [0.25, 0.3) is 0 Å². The number of phenols is 3. The van der Waals surface area contributed by atoms with E-state index < -0.39 is 18.0 Å². The Morgan fingerprint density at radius 1 is 0.467 bits per heavy atom. The first-order chi connectivity index (χ1) is 56.4. The third-order valence-electron chi connectivity index (χ3n) is 22.3. The minimum absolute atomic E-state index is 0. The zero-order valence-corrected chi connectivity index (χ0v) is 88.3. The molecule has 8 heterocycles. The zero-order valence-electron chi connectivity index (χ0n) is 75.8. The van der Waals surface area contributed by atoms with Gasteiger partial charge in [-0.15, -0.1) is 0 Å². The number of nitrogens with zero attached hydrogens (tertiary/aromatic N) is 4. The summed E-state index contributed by atoms with van der Waals surface area (Å²) in [4.78, 5) is 72.7. The molecule has 0 aromatic heterocycles. The van der Waals surface area contributed by atoms with Gasteiger partial charge >= 0.3 is 157 Å². The second kappa shape index (κ2) is 64.3. The maximum atomic E-state index is 11.2. The molecule has 0 bridgehead atoms. The summed E-state index contributed by atoms with van der Waals surface area (Å²) in [6.45, 7) is 37.0. The summed E-state index contributed by atoms with van der Waals surface area (Å²) in [6, 6.07) is 44.8. The Morgan fingerprint density at radius 3 is 1.14 bits per heavy atom. The molecule has 7 unspecified atom stereocenters. The average molecular weight is 1780 g/mol. The first-order valence-corrected chi connectivity index (χ1v) is 40.9.